The third-order valence-corrected chi connectivity index (χ3v) is 6.09. The summed E-state index contributed by atoms with van der Waals surface area (Å²) in [5.74, 6) is -0.426. The van der Waals surface area contributed by atoms with Gasteiger partial charge in [-0.2, -0.15) is 0 Å². The Bertz CT molecular complexity index is 986. The number of amides is 3. The summed E-state index contributed by atoms with van der Waals surface area (Å²) in [5.41, 5.74) is 2.24. The molecule has 1 atom stereocenters. The molecular weight excluding hydrogens is 418 g/mol. The third-order valence-electron chi connectivity index (χ3n) is 5.10. The van der Waals surface area contributed by atoms with Gasteiger partial charge >= 0.3 is 0 Å². The monoisotopic (exact) mass is 443 g/mol. The topological polar surface area (TPSA) is 113 Å². The zero-order chi connectivity index (χ0) is 21.8. The Morgan fingerprint density at radius 1 is 1.23 bits per heavy atom. The Morgan fingerprint density at radius 2 is 2.03 bits per heavy atom. The first kappa shape index (κ1) is 21.4. The first-order valence-electron chi connectivity index (χ1n) is 10.3. The minimum absolute atomic E-state index is 0.125. The van der Waals surface area contributed by atoms with Crippen LogP contribution in [0.4, 0.5) is 16.5 Å². The van der Waals surface area contributed by atoms with Crippen molar-refractivity contribution in [2.45, 2.75) is 38.8 Å². The van der Waals surface area contributed by atoms with Gasteiger partial charge in [-0.15, -0.1) is 11.3 Å². The lowest BCUT2D eigenvalue weighted by atomic mass is 10.2. The van der Waals surface area contributed by atoms with E-state index in [0.29, 0.717) is 29.7 Å². The van der Waals surface area contributed by atoms with Crippen molar-refractivity contribution in [3.8, 4) is 0 Å². The summed E-state index contributed by atoms with van der Waals surface area (Å²) in [6, 6.07) is 7.05. The molecule has 1 aromatic carbocycles. The van der Waals surface area contributed by atoms with Crippen LogP contribution in [0.25, 0.3) is 0 Å². The lowest BCUT2D eigenvalue weighted by molar-refractivity contribution is -0.124. The summed E-state index contributed by atoms with van der Waals surface area (Å²) in [7, 11) is 0. The van der Waals surface area contributed by atoms with E-state index in [-0.39, 0.29) is 30.4 Å². The molecule has 31 heavy (non-hydrogen) atoms. The molecule has 0 radical (unpaired) electrons. The maximum Gasteiger partial charge on any atom is 0.255 e. The molecule has 2 aliphatic rings. The number of aromatic nitrogens is 1. The summed E-state index contributed by atoms with van der Waals surface area (Å²) in [4.78, 5) is 43.6. The molecule has 3 heterocycles. The molecule has 10 heteroatoms. The highest BCUT2D eigenvalue weighted by Gasteiger charge is 2.26. The molecule has 1 saturated heterocycles. The third kappa shape index (κ3) is 5.66. The highest BCUT2D eigenvalue weighted by molar-refractivity contribution is 7.15. The zero-order valence-electron chi connectivity index (χ0n) is 17.3. The number of thiazole rings is 1. The van der Waals surface area contributed by atoms with Gasteiger partial charge in [0.1, 0.15) is 6.10 Å². The molecule has 0 saturated carbocycles. The van der Waals surface area contributed by atoms with Crippen LogP contribution in [0, 0.1) is 0 Å². The van der Waals surface area contributed by atoms with E-state index < -0.39 is 0 Å². The van der Waals surface area contributed by atoms with Crippen molar-refractivity contribution in [1.29, 1.82) is 0 Å². The van der Waals surface area contributed by atoms with Gasteiger partial charge in [0.15, 0.2) is 5.13 Å². The summed E-state index contributed by atoms with van der Waals surface area (Å²) >= 11 is 1.45. The SMILES string of the molecule is CC(=O)Nc1cccc(NC(=O)CN2CCc3nc(NC(=O)C4CCCO4)sc3C2)c1. The summed E-state index contributed by atoms with van der Waals surface area (Å²) in [5, 5.41) is 9.03. The molecule has 3 N–H and O–H groups in total. The van der Waals surface area contributed by atoms with Crippen LogP contribution >= 0.6 is 11.3 Å². The number of anilines is 3. The van der Waals surface area contributed by atoms with E-state index in [9.17, 15) is 14.4 Å². The molecule has 1 aromatic heterocycles. The Balaban J connectivity index is 1.30. The lowest BCUT2D eigenvalue weighted by Crippen LogP contribution is -2.36. The van der Waals surface area contributed by atoms with Crippen molar-refractivity contribution in [1.82, 2.24) is 9.88 Å². The van der Waals surface area contributed by atoms with E-state index in [4.69, 9.17) is 4.74 Å². The molecule has 0 spiro atoms. The Hall–Kier alpha value is -2.82. The zero-order valence-corrected chi connectivity index (χ0v) is 18.1. The highest BCUT2D eigenvalue weighted by atomic mass is 32.1. The average Bonchev–Trinajstić information content (AvgIpc) is 3.36. The molecule has 2 aliphatic heterocycles. The average molecular weight is 444 g/mol. The predicted octanol–water partition coefficient (Wildman–Crippen LogP) is 2.22. The molecule has 3 amide bonds. The molecule has 164 valence electrons. The van der Waals surface area contributed by atoms with Crippen molar-refractivity contribution < 1.29 is 19.1 Å². The fourth-order valence-electron chi connectivity index (χ4n) is 3.69. The number of nitrogens with one attached hydrogen (secondary N) is 3. The number of nitrogens with zero attached hydrogens (tertiary/aromatic N) is 2. The van der Waals surface area contributed by atoms with E-state index in [2.05, 4.69) is 25.8 Å². The van der Waals surface area contributed by atoms with E-state index in [1.807, 2.05) is 0 Å². The molecule has 2 aromatic rings. The van der Waals surface area contributed by atoms with Gasteiger partial charge in [-0.05, 0) is 31.0 Å². The first-order chi connectivity index (χ1) is 15.0. The van der Waals surface area contributed by atoms with Crippen molar-refractivity contribution in [3.05, 3.63) is 34.8 Å². The number of ether oxygens (including phenoxy) is 1. The van der Waals surface area contributed by atoms with Crippen LogP contribution in [0.1, 0.15) is 30.3 Å². The van der Waals surface area contributed by atoms with Crippen LogP contribution in [0.3, 0.4) is 0 Å². The number of rotatable bonds is 6. The van der Waals surface area contributed by atoms with Crippen molar-refractivity contribution >= 4 is 45.6 Å². The predicted molar refractivity (Wildman–Crippen MR) is 118 cm³/mol. The number of benzene rings is 1. The maximum atomic E-state index is 12.5. The Labute approximate surface area is 184 Å². The molecule has 9 nitrogen and oxygen atoms in total. The van der Waals surface area contributed by atoms with Gasteiger partial charge in [-0.3, -0.25) is 24.6 Å². The van der Waals surface area contributed by atoms with Crippen molar-refractivity contribution in [2.24, 2.45) is 0 Å². The molecule has 0 aliphatic carbocycles. The highest BCUT2D eigenvalue weighted by Crippen LogP contribution is 2.29. The van der Waals surface area contributed by atoms with E-state index >= 15 is 0 Å². The van der Waals surface area contributed by atoms with Gasteiger partial charge in [0.05, 0.1) is 12.2 Å². The molecule has 4 rings (SSSR count). The van der Waals surface area contributed by atoms with Gasteiger partial charge < -0.3 is 15.4 Å². The van der Waals surface area contributed by atoms with E-state index in [0.717, 1.165) is 36.4 Å². The second-order valence-corrected chi connectivity index (χ2v) is 8.73. The molecule has 1 fully saturated rings. The number of fused-ring (bicyclic) bond motifs is 1. The second kappa shape index (κ2) is 9.54. The fourth-order valence-corrected chi connectivity index (χ4v) is 4.74. The number of hydrogen-bond donors (Lipinski definition) is 3. The van der Waals surface area contributed by atoms with Crippen molar-refractivity contribution in [3.63, 3.8) is 0 Å². The maximum absolute atomic E-state index is 12.5. The van der Waals surface area contributed by atoms with Crippen LogP contribution < -0.4 is 16.0 Å². The molecule has 0 bridgehead atoms. The van der Waals surface area contributed by atoms with Gasteiger partial charge in [0.25, 0.3) is 5.91 Å². The molecular formula is C21H25N5O4S. The van der Waals surface area contributed by atoms with E-state index in [1.165, 1.54) is 18.3 Å². The van der Waals surface area contributed by atoms with Crippen LogP contribution in [0.15, 0.2) is 24.3 Å². The summed E-state index contributed by atoms with van der Waals surface area (Å²) in [6.45, 7) is 3.65. The minimum Gasteiger partial charge on any atom is -0.368 e. The lowest BCUT2D eigenvalue weighted by Gasteiger charge is -2.25. The molecule has 1 unspecified atom stereocenters. The van der Waals surface area contributed by atoms with Crippen molar-refractivity contribution in [2.75, 3.05) is 35.6 Å². The fraction of sp³-hybridized carbons (Fsp3) is 0.429. The van der Waals surface area contributed by atoms with Crippen LogP contribution in [0.2, 0.25) is 0 Å². The summed E-state index contributed by atoms with van der Waals surface area (Å²) in [6.07, 6.45) is 1.99. The number of hydrogen-bond acceptors (Lipinski definition) is 7. The van der Waals surface area contributed by atoms with Gasteiger partial charge in [-0.1, -0.05) is 6.07 Å². The van der Waals surface area contributed by atoms with Crippen LogP contribution in [-0.4, -0.2) is 53.4 Å². The quantitative estimate of drug-likeness (QED) is 0.631. The van der Waals surface area contributed by atoms with Crippen LogP contribution in [0.5, 0.6) is 0 Å². The Kier molecular flexibility index (Phi) is 6.59. The van der Waals surface area contributed by atoms with Crippen LogP contribution in [-0.2, 0) is 32.1 Å². The van der Waals surface area contributed by atoms with Gasteiger partial charge in [0.2, 0.25) is 11.8 Å². The normalized spacial score (nSPS) is 18.3. The van der Waals surface area contributed by atoms with E-state index in [1.54, 1.807) is 24.3 Å². The summed E-state index contributed by atoms with van der Waals surface area (Å²) < 4.78 is 5.42. The Morgan fingerprint density at radius 3 is 2.77 bits per heavy atom. The van der Waals surface area contributed by atoms with Gasteiger partial charge in [0, 0.05) is 49.3 Å². The first-order valence-corrected chi connectivity index (χ1v) is 11.1. The standard InChI is InChI=1S/C21H25N5O4S/c1-13(27)22-14-4-2-5-15(10-14)23-19(28)12-26-8-7-16-18(11-26)31-21(24-16)25-20(29)17-6-3-9-30-17/h2,4-5,10,17H,3,6-9,11-12H2,1H3,(H,22,27)(H,23,28)(H,24,25,29). The largest absolute Gasteiger partial charge is 0.368 e. The smallest absolute Gasteiger partial charge is 0.255 e. The minimum atomic E-state index is -0.384. The number of carbonyl (C=O) groups excluding carboxylic acids is 3. The number of carbonyl (C=O) groups is 3. The van der Waals surface area contributed by atoms with Gasteiger partial charge in [-0.25, -0.2) is 4.98 Å². The second-order valence-electron chi connectivity index (χ2n) is 7.65.